The lowest BCUT2D eigenvalue weighted by Crippen LogP contribution is -2.13. The molecule has 0 saturated carbocycles. The molecule has 0 atom stereocenters. The predicted octanol–water partition coefficient (Wildman–Crippen LogP) is 2.38. The van der Waals surface area contributed by atoms with Crippen molar-refractivity contribution < 1.29 is 14.1 Å². The summed E-state index contributed by atoms with van der Waals surface area (Å²) in [6.07, 6.45) is 0. The SMILES string of the molecule is Cc1cc(NC(=O)c2cccc(OCc3nnnn3C(C)C)c2)no1. The first-order valence-corrected chi connectivity index (χ1v) is 7.77. The van der Waals surface area contributed by atoms with Crippen LogP contribution in [0.4, 0.5) is 5.82 Å². The molecule has 0 bridgehead atoms. The Morgan fingerprint density at radius 1 is 1.36 bits per heavy atom. The number of carbonyl (C=O) groups is 1. The normalized spacial score (nSPS) is 10.9. The van der Waals surface area contributed by atoms with E-state index in [0.29, 0.717) is 28.7 Å². The van der Waals surface area contributed by atoms with Gasteiger partial charge in [0.1, 0.15) is 18.1 Å². The number of tetrazole rings is 1. The Labute approximate surface area is 144 Å². The molecule has 3 aromatic rings. The van der Waals surface area contributed by atoms with Gasteiger partial charge in [0.05, 0.1) is 6.04 Å². The molecule has 0 radical (unpaired) electrons. The van der Waals surface area contributed by atoms with Crippen LogP contribution in [0.15, 0.2) is 34.9 Å². The van der Waals surface area contributed by atoms with Crippen LogP contribution < -0.4 is 10.1 Å². The number of nitrogens with zero attached hydrogens (tertiary/aromatic N) is 5. The zero-order valence-electron chi connectivity index (χ0n) is 14.1. The lowest BCUT2D eigenvalue weighted by atomic mass is 10.2. The Morgan fingerprint density at radius 2 is 2.20 bits per heavy atom. The van der Waals surface area contributed by atoms with Crippen LogP contribution in [-0.2, 0) is 6.61 Å². The summed E-state index contributed by atoms with van der Waals surface area (Å²) in [4.78, 5) is 12.3. The fourth-order valence-corrected chi connectivity index (χ4v) is 2.20. The molecule has 2 heterocycles. The number of anilines is 1. The highest BCUT2D eigenvalue weighted by atomic mass is 16.5. The molecule has 1 N–H and O–H groups in total. The number of hydrogen-bond donors (Lipinski definition) is 1. The van der Waals surface area contributed by atoms with E-state index in [-0.39, 0.29) is 18.6 Å². The molecule has 9 nitrogen and oxygen atoms in total. The molecule has 2 aromatic heterocycles. The quantitative estimate of drug-likeness (QED) is 0.732. The molecule has 130 valence electrons. The highest BCUT2D eigenvalue weighted by Crippen LogP contribution is 2.17. The fraction of sp³-hybridized carbons (Fsp3) is 0.312. The first kappa shape index (κ1) is 16.6. The molecule has 0 spiro atoms. The number of aryl methyl sites for hydroxylation is 1. The molecule has 0 unspecified atom stereocenters. The zero-order chi connectivity index (χ0) is 17.8. The van der Waals surface area contributed by atoms with Crippen molar-refractivity contribution >= 4 is 11.7 Å². The van der Waals surface area contributed by atoms with Crippen LogP contribution in [-0.4, -0.2) is 31.3 Å². The highest BCUT2D eigenvalue weighted by molar-refractivity contribution is 6.03. The number of amides is 1. The van der Waals surface area contributed by atoms with Gasteiger partial charge in [0.25, 0.3) is 5.91 Å². The van der Waals surface area contributed by atoms with Crippen molar-refractivity contribution in [2.75, 3.05) is 5.32 Å². The molecule has 3 rings (SSSR count). The molecule has 0 saturated heterocycles. The zero-order valence-corrected chi connectivity index (χ0v) is 14.1. The summed E-state index contributed by atoms with van der Waals surface area (Å²) in [5, 5.41) is 17.9. The van der Waals surface area contributed by atoms with Crippen LogP contribution in [0.3, 0.4) is 0 Å². The van der Waals surface area contributed by atoms with Crippen molar-refractivity contribution in [1.29, 1.82) is 0 Å². The van der Waals surface area contributed by atoms with E-state index < -0.39 is 0 Å². The van der Waals surface area contributed by atoms with Gasteiger partial charge in [-0.05, 0) is 49.4 Å². The summed E-state index contributed by atoms with van der Waals surface area (Å²) < 4.78 is 12.3. The van der Waals surface area contributed by atoms with Crippen LogP contribution in [0.5, 0.6) is 5.75 Å². The van der Waals surface area contributed by atoms with Crippen molar-refractivity contribution in [2.24, 2.45) is 0 Å². The fourth-order valence-electron chi connectivity index (χ4n) is 2.20. The van der Waals surface area contributed by atoms with E-state index in [2.05, 4.69) is 26.0 Å². The van der Waals surface area contributed by atoms with Crippen molar-refractivity contribution in [3.05, 3.63) is 47.5 Å². The Morgan fingerprint density at radius 3 is 2.92 bits per heavy atom. The third-order valence-electron chi connectivity index (χ3n) is 3.38. The highest BCUT2D eigenvalue weighted by Gasteiger charge is 2.12. The summed E-state index contributed by atoms with van der Waals surface area (Å²) in [6.45, 7) is 5.92. The summed E-state index contributed by atoms with van der Waals surface area (Å²) in [5.74, 6) is 1.84. The van der Waals surface area contributed by atoms with Gasteiger partial charge >= 0.3 is 0 Å². The van der Waals surface area contributed by atoms with Gasteiger partial charge in [0, 0.05) is 11.6 Å². The van der Waals surface area contributed by atoms with Gasteiger partial charge < -0.3 is 14.6 Å². The molecule has 1 amide bonds. The van der Waals surface area contributed by atoms with E-state index in [1.165, 1.54) is 0 Å². The summed E-state index contributed by atoms with van der Waals surface area (Å²) in [5.41, 5.74) is 0.446. The maximum absolute atomic E-state index is 12.3. The first-order valence-electron chi connectivity index (χ1n) is 7.77. The van der Waals surface area contributed by atoms with Crippen LogP contribution in [0.1, 0.15) is 41.8 Å². The summed E-state index contributed by atoms with van der Waals surface area (Å²) >= 11 is 0. The maximum Gasteiger partial charge on any atom is 0.257 e. The molecule has 0 fully saturated rings. The van der Waals surface area contributed by atoms with E-state index >= 15 is 0 Å². The molecule has 25 heavy (non-hydrogen) atoms. The Bertz CT molecular complexity index is 870. The molecule has 0 aliphatic rings. The summed E-state index contributed by atoms with van der Waals surface area (Å²) in [6, 6.07) is 8.62. The van der Waals surface area contributed by atoms with Crippen LogP contribution >= 0.6 is 0 Å². The largest absolute Gasteiger partial charge is 0.486 e. The van der Waals surface area contributed by atoms with Crippen molar-refractivity contribution in [1.82, 2.24) is 25.4 Å². The van der Waals surface area contributed by atoms with Gasteiger partial charge in [0.15, 0.2) is 11.6 Å². The minimum atomic E-state index is -0.300. The lowest BCUT2D eigenvalue weighted by molar-refractivity contribution is 0.102. The molecule has 0 aliphatic carbocycles. The monoisotopic (exact) mass is 342 g/mol. The minimum absolute atomic E-state index is 0.136. The number of aromatic nitrogens is 5. The van der Waals surface area contributed by atoms with Crippen LogP contribution in [0, 0.1) is 6.92 Å². The molecule has 9 heteroatoms. The van der Waals surface area contributed by atoms with Crippen molar-refractivity contribution in [3.8, 4) is 5.75 Å². The predicted molar refractivity (Wildman–Crippen MR) is 88.2 cm³/mol. The van der Waals surface area contributed by atoms with Gasteiger partial charge in [-0.1, -0.05) is 11.2 Å². The Kier molecular flexibility index (Phi) is 4.73. The maximum atomic E-state index is 12.3. The number of hydrogen-bond acceptors (Lipinski definition) is 7. The Balaban J connectivity index is 1.66. The second kappa shape index (κ2) is 7.12. The van der Waals surface area contributed by atoms with E-state index in [4.69, 9.17) is 9.26 Å². The van der Waals surface area contributed by atoms with Crippen molar-refractivity contribution in [3.63, 3.8) is 0 Å². The molecule has 1 aromatic carbocycles. The second-order valence-electron chi connectivity index (χ2n) is 5.73. The number of carbonyl (C=O) groups excluding carboxylic acids is 1. The average molecular weight is 342 g/mol. The van der Waals surface area contributed by atoms with E-state index in [0.717, 1.165) is 0 Å². The van der Waals surface area contributed by atoms with Crippen molar-refractivity contribution in [2.45, 2.75) is 33.4 Å². The number of nitrogens with one attached hydrogen (secondary N) is 1. The molecule has 0 aliphatic heterocycles. The first-order chi connectivity index (χ1) is 12.0. The number of benzene rings is 1. The lowest BCUT2D eigenvalue weighted by Gasteiger charge is -2.10. The van der Waals surface area contributed by atoms with Gasteiger partial charge in [-0.25, -0.2) is 4.68 Å². The topological polar surface area (TPSA) is 108 Å². The smallest absolute Gasteiger partial charge is 0.257 e. The van der Waals surface area contributed by atoms with Gasteiger partial charge in [-0.2, -0.15) is 0 Å². The third kappa shape index (κ3) is 4.00. The van der Waals surface area contributed by atoms with E-state index in [1.807, 2.05) is 13.8 Å². The molecular weight excluding hydrogens is 324 g/mol. The number of rotatable bonds is 6. The van der Waals surface area contributed by atoms with Crippen LogP contribution in [0.25, 0.3) is 0 Å². The standard InChI is InChI=1S/C16H18N6O3/c1-10(2)22-15(18-20-21-22)9-24-13-6-4-5-12(8-13)16(23)17-14-7-11(3)25-19-14/h4-8,10H,9H2,1-3H3,(H,17,19,23). The average Bonchev–Trinajstić information content (AvgIpc) is 3.22. The van der Waals surface area contributed by atoms with Crippen LogP contribution in [0.2, 0.25) is 0 Å². The molecular formula is C16H18N6O3. The van der Waals surface area contributed by atoms with Gasteiger partial charge in [-0.3, -0.25) is 4.79 Å². The van der Waals surface area contributed by atoms with Gasteiger partial charge in [-0.15, -0.1) is 5.10 Å². The van der Waals surface area contributed by atoms with E-state index in [1.54, 1.807) is 41.9 Å². The van der Waals surface area contributed by atoms with E-state index in [9.17, 15) is 4.79 Å². The summed E-state index contributed by atoms with van der Waals surface area (Å²) in [7, 11) is 0. The van der Waals surface area contributed by atoms with Gasteiger partial charge in [0.2, 0.25) is 0 Å². The third-order valence-corrected chi connectivity index (χ3v) is 3.38. The number of ether oxygens (including phenoxy) is 1. The Hall–Kier alpha value is -3.23. The second-order valence-corrected chi connectivity index (χ2v) is 5.73. The minimum Gasteiger partial charge on any atom is -0.486 e.